The summed E-state index contributed by atoms with van der Waals surface area (Å²) in [6.07, 6.45) is 0. The molecule has 0 atom stereocenters. The van der Waals surface area contributed by atoms with Crippen LogP contribution in [-0.2, 0) is 0 Å². The van der Waals surface area contributed by atoms with Crippen LogP contribution in [-0.4, -0.2) is 19.1 Å². The van der Waals surface area contributed by atoms with Gasteiger partial charge >= 0.3 is 0 Å². The Bertz CT molecular complexity index is 4240. The number of aromatic nitrogens is 4. The smallest absolute Gasteiger partial charge is 0.160 e. The van der Waals surface area contributed by atoms with E-state index >= 15 is 0 Å². The summed E-state index contributed by atoms with van der Waals surface area (Å²) in [6.45, 7) is 0. The highest BCUT2D eigenvalue weighted by molar-refractivity contribution is 6.12. The third-order valence-electron chi connectivity index (χ3n) is 14.6. The maximum atomic E-state index is 5.24. The van der Waals surface area contributed by atoms with Crippen LogP contribution in [0.25, 0.3) is 133 Å². The predicted molar refractivity (Wildman–Crippen MR) is 309 cm³/mol. The maximum Gasteiger partial charge on any atom is 0.160 e. The van der Waals surface area contributed by atoms with Gasteiger partial charge in [-0.25, -0.2) is 9.97 Å². The number of fused-ring (bicyclic) bond motifs is 6. The molecule has 0 spiro atoms. The van der Waals surface area contributed by atoms with Crippen LogP contribution in [0.2, 0.25) is 0 Å². The molecular formula is C70H46N4. The van der Waals surface area contributed by atoms with Crippen LogP contribution in [0, 0.1) is 0 Å². The lowest BCUT2D eigenvalue weighted by Crippen LogP contribution is -1.97. The summed E-state index contributed by atoms with van der Waals surface area (Å²) < 4.78 is 4.78. The van der Waals surface area contributed by atoms with Gasteiger partial charge < -0.3 is 9.13 Å². The summed E-state index contributed by atoms with van der Waals surface area (Å²) >= 11 is 0. The summed E-state index contributed by atoms with van der Waals surface area (Å²) in [7, 11) is 0. The Balaban J connectivity index is 0.822. The number of benzene rings is 11. The van der Waals surface area contributed by atoms with Gasteiger partial charge in [-0.15, -0.1) is 0 Å². The summed E-state index contributed by atoms with van der Waals surface area (Å²) in [5, 5.41) is 4.90. The van der Waals surface area contributed by atoms with E-state index in [-0.39, 0.29) is 0 Å². The van der Waals surface area contributed by atoms with Crippen LogP contribution in [0.4, 0.5) is 0 Å². The third kappa shape index (κ3) is 7.65. The van der Waals surface area contributed by atoms with Crippen molar-refractivity contribution < 1.29 is 0 Å². The van der Waals surface area contributed by atoms with E-state index in [1.165, 1.54) is 71.5 Å². The van der Waals surface area contributed by atoms with Crippen molar-refractivity contribution >= 4 is 43.6 Å². The SMILES string of the molecule is c1ccc(-c2ccc(-c3cc(-c4ccc(-n5c6ccccc6c6cc(-c7ccc8c(c7)c7ccccc7n8-c7ccc(-c8ccccc8)cc7)ccc65)cc4)nc(-c4ccc(-c5ccccc5)cc4)n3)cc2)cc1. The van der Waals surface area contributed by atoms with Gasteiger partial charge in [0.1, 0.15) is 0 Å². The molecule has 0 fully saturated rings. The van der Waals surface area contributed by atoms with Crippen LogP contribution >= 0.6 is 0 Å². The first-order valence-electron chi connectivity index (χ1n) is 25.2. The molecule has 0 saturated heterocycles. The Morgan fingerprint density at radius 2 is 0.500 bits per heavy atom. The minimum Gasteiger partial charge on any atom is -0.309 e. The highest BCUT2D eigenvalue weighted by atomic mass is 15.0. The molecule has 0 saturated carbocycles. The van der Waals surface area contributed by atoms with Gasteiger partial charge in [-0.2, -0.15) is 0 Å². The second-order valence-corrected chi connectivity index (χ2v) is 19.0. The molecule has 0 N–H and O–H groups in total. The van der Waals surface area contributed by atoms with E-state index in [1.54, 1.807) is 0 Å². The molecule has 0 unspecified atom stereocenters. The van der Waals surface area contributed by atoms with E-state index in [2.05, 4.69) is 282 Å². The summed E-state index contributed by atoms with van der Waals surface area (Å²) in [5.41, 5.74) is 21.2. The molecule has 0 amide bonds. The number of hydrogen-bond donors (Lipinski definition) is 0. The molecule has 0 aliphatic heterocycles. The average molecular weight is 943 g/mol. The van der Waals surface area contributed by atoms with Crippen molar-refractivity contribution in [3.8, 4) is 89.8 Å². The second kappa shape index (κ2) is 18.1. The minimum atomic E-state index is 0.685. The van der Waals surface area contributed by atoms with Gasteiger partial charge in [0.2, 0.25) is 0 Å². The van der Waals surface area contributed by atoms with Crippen molar-refractivity contribution in [3.63, 3.8) is 0 Å². The zero-order valence-corrected chi connectivity index (χ0v) is 40.3. The minimum absolute atomic E-state index is 0.685. The molecular weight excluding hydrogens is 897 g/mol. The molecule has 346 valence electrons. The first-order chi connectivity index (χ1) is 36.7. The summed E-state index contributed by atoms with van der Waals surface area (Å²) in [6, 6.07) is 100. The fraction of sp³-hybridized carbons (Fsp3) is 0. The number of para-hydroxylation sites is 2. The highest BCUT2D eigenvalue weighted by Crippen LogP contribution is 2.39. The van der Waals surface area contributed by atoms with Crippen LogP contribution in [0.15, 0.2) is 279 Å². The van der Waals surface area contributed by atoms with E-state index in [4.69, 9.17) is 9.97 Å². The van der Waals surface area contributed by atoms with Crippen molar-refractivity contribution in [1.29, 1.82) is 0 Å². The molecule has 0 radical (unpaired) electrons. The lowest BCUT2D eigenvalue weighted by Gasteiger charge is -2.12. The average Bonchev–Trinajstić information content (AvgIpc) is 4.00. The molecule has 14 rings (SSSR count). The normalized spacial score (nSPS) is 11.5. The van der Waals surface area contributed by atoms with Crippen molar-refractivity contribution in [2.45, 2.75) is 0 Å². The first kappa shape index (κ1) is 42.9. The van der Waals surface area contributed by atoms with Gasteiger partial charge in [0.25, 0.3) is 0 Å². The number of hydrogen-bond acceptors (Lipinski definition) is 2. The van der Waals surface area contributed by atoms with Crippen molar-refractivity contribution in [2.24, 2.45) is 0 Å². The molecule has 4 nitrogen and oxygen atoms in total. The van der Waals surface area contributed by atoms with E-state index in [1.807, 2.05) is 6.07 Å². The fourth-order valence-electron chi connectivity index (χ4n) is 10.9. The molecule has 14 aromatic rings. The Labute approximate surface area is 429 Å². The molecule has 74 heavy (non-hydrogen) atoms. The number of rotatable bonds is 9. The van der Waals surface area contributed by atoms with Gasteiger partial charge in [-0.3, -0.25) is 0 Å². The highest BCUT2D eigenvalue weighted by Gasteiger charge is 2.18. The summed E-state index contributed by atoms with van der Waals surface area (Å²) in [5.74, 6) is 0.685. The van der Waals surface area contributed by atoms with Crippen LogP contribution in [0.5, 0.6) is 0 Å². The van der Waals surface area contributed by atoms with Gasteiger partial charge in [0.05, 0.1) is 33.5 Å². The van der Waals surface area contributed by atoms with E-state index in [0.717, 1.165) is 56.0 Å². The molecule has 0 aliphatic rings. The van der Waals surface area contributed by atoms with Crippen molar-refractivity contribution in [1.82, 2.24) is 19.1 Å². The number of nitrogens with zero attached hydrogens (tertiary/aromatic N) is 4. The zero-order chi connectivity index (χ0) is 49.0. The molecule has 0 bridgehead atoms. The topological polar surface area (TPSA) is 35.6 Å². The monoisotopic (exact) mass is 942 g/mol. The van der Waals surface area contributed by atoms with Crippen LogP contribution < -0.4 is 0 Å². The predicted octanol–water partition coefficient (Wildman–Crippen LogP) is 18.3. The van der Waals surface area contributed by atoms with Gasteiger partial charge in [0.15, 0.2) is 5.82 Å². The van der Waals surface area contributed by atoms with Gasteiger partial charge in [-0.1, -0.05) is 212 Å². The molecule has 3 aromatic heterocycles. The largest absolute Gasteiger partial charge is 0.309 e. The Morgan fingerprint density at radius 1 is 0.203 bits per heavy atom. The lowest BCUT2D eigenvalue weighted by atomic mass is 10.0. The van der Waals surface area contributed by atoms with Gasteiger partial charge in [0, 0.05) is 49.6 Å². The molecule has 4 heteroatoms. The Hall–Kier alpha value is -9.90. The van der Waals surface area contributed by atoms with E-state index in [9.17, 15) is 0 Å². The molecule has 11 aromatic carbocycles. The Kier molecular flexibility index (Phi) is 10.5. The van der Waals surface area contributed by atoms with Crippen molar-refractivity contribution in [2.75, 3.05) is 0 Å². The Morgan fingerprint density at radius 3 is 0.919 bits per heavy atom. The maximum absolute atomic E-state index is 5.24. The fourth-order valence-corrected chi connectivity index (χ4v) is 10.9. The van der Waals surface area contributed by atoms with E-state index < -0.39 is 0 Å². The van der Waals surface area contributed by atoms with Gasteiger partial charge in [-0.05, 0) is 111 Å². The van der Waals surface area contributed by atoms with Crippen LogP contribution in [0.1, 0.15) is 0 Å². The molecule has 3 heterocycles. The third-order valence-corrected chi connectivity index (χ3v) is 14.6. The zero-order valence-electron chi connectivity index (χ0n) is 40.3. The van der Waals surface area contributed by atoms with Crippen molar-refractivity contribution in [3.05, 3.63) is 279 Å². The molecule has 0 aliphatic carbocycles. The first-order valence-corrected chi connectivity index (χ1v) is 25.2. The summed E-state index contributed by atoms with van der Waals surface area (Å²) in [4.78, 5) is 10.4. The van der Waals surface area contributed by atoms with E-state index in [0.29, 0.717) is 5.82 Å². The quantitative estimate of drug-likeness (QED) is 0.145. The second-order valence-electron chi connectivity index (χ2n) is 19.0. The lowest BCUT2D eigenvalue weighted by molar-refractivity contribution is 1.17. The standard InChI is InChI=1S/C70H46N4/c1-4-14-47(15-5-1)50-24-28-53(29-25-50)64-46-65(72-70(71-64)55-30-26-51(27-31-55)48-16-6-2-7-17-48)54-34-40-59(41-35-54)74-67-23-13-11-21-61(67)63-45-57(37-43-69(63)74)56-36-42-68-62(44-56)60-20-10-12-22-66(60)73(68)58-38-32-52(33-39-58)49-18-8-3-9-19-49/h1-46H. The van der Waals surface area contributed by atoms with Crippen LogP contribution in [0.3, 0.4) is 0 Å².